The molecule has 0 atom stereocenters. The van der Waals surface area contributed by atoms with Gasteiger partial charge < -0.3 is 0 Å². The number of nitrogens with zero attached hydrogens (tertiary/aromatic N) is 1. The van der Waals surface area contributed by atoms with Gasteiger partial charge in [0.05, 0.1) is 5.69 Å². The molecule has 1 nitrogen and oxygen atoms in total. The molecular formula is C13H13ClFNS. The first kappa shape index (κ1) is 12.5. The summed E-state index contributed by atoms with van der Waals surface area (Å²) in [7, 11) is 0. The van der Waals surface area contributed by atoms with Gasteiger partial charge in [-0.25, -0.2) is 9.37 Å². The molecule has 0 fully saturated rings. The van der Waals surface area contributed by atoms with Gasteiger partial charge in [-0.2, -0.15) is 0 Å². The van der Waals surface area contributed by atoms with Crippen LogP contribution in [0.4, 0.5) is 4.39 Å². The number of hydrogen-bond donors (Lipinski definition) is 0. The average molecular weight is 270 g/mol. The molecule has 0 aliphatic rings. The van der Waals surface area contributed by atoms with Crippen molar-refractivity contribution in [3.8, 4) is 10.6 Å². The fraction of sp³-hybridized carbons (Fsp3) is 0.308. The Morgan fingerprint density at radius 1 is 1.41 bits per heavy atom. The Hall–Kier alpha value is -0.930. The van der Waals surface area contributed by atoms with Crippen LogP contribution in [0.2, 0.25) is 0 Å². The number of thiazole rings is 1. The summed E-state index contributed by atoms with van der Waals surface area (Å²) in [6.07, 6.45) is 1.76. The van der Waals surface area contributed by atoms with Crippen LogP contribution in [0, 0.1) is 12.7 Å². The summed E-state index contributed by atoms with van der Waals surface area (Å²) in [5, 5.41) is 2.72. The van der Waals surface area contributed by atoms with Gasteiger partial charge in [-0.1, -0.05) is 11.6 Å². The van der Waals surface area contributed by atoms with Crippen LogP contribution in [-0.2, 0) is 6.42 Å². The maximum atomic E-state index is 13.7. The standard InChI is InChI=1S/C13H13ClFNS/c1-9-4-5-12(15)11(7-9)13-16-10(8-17-13)3-2-6-14/h4-5,7-8H,2-3,6H2,1H3. The zero-order valence-corrected chi connectivity index (χ0v) is 11.1. The van der Waals surface area contributed by atoms with Crippen molar-refractivity contribution in [2.24, 2.45) is 0 Å². The van der Waals surface area contributed by atoms with E-state index in [9.17, 15) is 4.39 Å². The van der Waals surface area contributed by atoms with E-state index in [-0.39, 0.29) is 5.82 Å². The van der Waals surface area contributed by atoms with Crippen molar-refractivity contribution in [1.29, 1.82) is 0 Å². The summed E-state index contributed by atoms with van der Waals surface area (Å²) < 4.78 is 13.7. The molecule has 0 saturated carbocycles. The van der Waals surface area contributed by atoms with Crippen molar-refractivity contribution >= 4 is 22.9 Å². The summed E-state index contributed by atoms with van der Waals surface area (Å²) >= 11 is 7.12. The Labute approximate surface area is 109 Å². The zero-order valence-electron chi connectivity index (χ0n) is 9.54. The summed E-state index contributed by atoms with van der Waals surface area (Å²) in [5.74, 6) is 0.417. The fourth-order valence-electron chi connectivity index (χ4n) is 1.60. The van der Waals surface area contributed by atoms with Crippen LogP contribution >= 0.6 is 22.9 Å². The van der Waals surface area contributed by atoms with Crippen LogP contribution in [0.5, 0.6) is 0 Å². The molecule has 0 unspecified atom stereocenters. The monoisotopic (exact) mass is 269 g/mol. The number of alkyl halides is 1. The number of aromatic nitrogens is 1. The second kappa shape index (κ2) is 5.61. The predicted octanol–water partition coefficient (Wildman–Crippen LogP) is 4.43. The fourth-order valence-corrected chi connectivity index (χ4v) is 2.60. The van der Waals surface area contributed by atoms with Gasteiger partial charge in [0.1, 0.15) is 10.8 Å². The zero-order chi connectivity index (χ0) is 12.3. The summed E-state index contributed by atoms with van der Waals surface area (Å²) in [5.41, 5.74) is 2.62. The third kappa shape index (κ3) is 3.05. The van der Waals surface area contributed by atoms with Crippen LogP contribution in [0.15, 0.2) is 23.6 Å². The van der Waals surface area contributed by atoms with Crippen molar-refractivity contribution in [1.82, 2.24) is 4.98 Å². The molecule has 0 saturated heterocycles. The van der Waals surface area contributed by atoms with Gasteiger partial charge in [-0.3, -0.25) is 0 Å². The van der Waals surface area contributed by atoms with Crippen LogP contribution < -0.4 is 0 Å². The number of halogens is 2. The Balaban J connectivity index is 2.27. The lowest BCUT2D eigenvalue weighted by Crippen LogP contribution is -1.88. The van der Waals surface area contributed by atoms with E-state index in [4.69, 9.17) is 11.6 Å². The van der Waals surface area contributed by atoms with Gasteiger partial charge in [-0.05, 0) is 31.9 Å². The summed E-state index contributed by atoms with van der Waals surface area (Å²) in [4.78, 5) is 4.44. The van der Waals surface area contributed by atoms with E-state index in [0.717, 1.165) is 29.1 Å². The van der Waals surface area contributed by atoms with Crippen molar-refractivity contribution in [3.63, 3.8) is 0 Å². The molecule has 17 heavy (non-hydrogen) atoms. The first-order valence-corrected chi connectivity index (χ1v) is 6.89. The second-order valence-corrected chi connectivity index (χ2v) is 5.16. The summed E-state index contributed by atoms with van der Waals surface area (Å²) in [6, 6.07) is 5.09. The molecule has 2 rings (SSSR count). The third-order valence-electron chi connectivity index (χ3n) is 2.47. The van der Waals surface area contributed by atoms with Gasteiger partial charge in [0.15, 0.2) is 0 Å². The van der Waals surface area contributed by atoms with E-state index in [0.29, 0.717) is 11.4 Å². The molecule has 1 aromatic heterocycles. The SMILES string of the molecule is Cc1ccc(F)c(-c2nc(CCCCl)cs2)c1. The second-order valence-electron chi connectivity index (χ2n) is 3.92. The van der Waals surface area contributed by atoms with E-state index in [1.54, 1.807) is 6.07 Å². The lowest BCUT2D eigenvalue weighted by atomic mass is 10.1. The Bertz CT molecular complexity index is 510. The normalized spacial score (nSPS) is 10.8. The molecule has 0 aliphatic carbocycles. The number of hydrogen-bond acceptors (Lipinski definition) is 2. The van der Waals surface area contributed by atoms with E-state index >= 15 is 0 Å². The van der Waals surface area contributed by atoms with Crippen molar-refractivity contribution < 1.29 is 4.39 Å². The molecule has 0 N–H and O–H groups in total. The highest BCUT2D eigenvalue weighted by Gasteiger charge is 2.09. The lowest BCUT2D eigenvalue weighted by molar-refractivity contribution is 0.630. The van der Waals surface area contributed by atoms with Crippen LogP contribution in [0.1, 0.15) is 17.7 Å². The number of benzene rings is 1. The summed E-state index contributed by atoms with van der Waals surface area (Å²) in [6.45, 7) is 1.95. The number of aryl methyl sites for hydroxylation is 2. The van der Waals surface area contributed by atoms with Crippen molar-refractivity contribution in [2.75, 3.05) is 5.88 Å². The quantitative estimate of drug-likeness (QED) is 0.749. The molecule has 1 heterocycles. The highest BCUT2D eigenvalue weighted by molar-refractivity contribution is 7.13. The van der Waals surface area contributed by atoms with Gasteiger partial charge in [0.25, 0.3) is 0 Å². The van der Waals surface area contributed by atoms with E-state index < -0.39 is 0 Å². The first-order valence-electron chi connectivity index (χ1n) is 5.47. The molecule has 0 bridgehead atoms. The molecule has 90 valence electrons. The molecule has 0 aliphatic heterocycles. The van der Waals surface area contributed by atoms with Gasteiger partial charge >= 0.3 is 0 Å². The van der Waals surface area contributed by atoms with Crippen molar-refractivity contribution in [2.45, 2.75) is 19.8 Å². The van der Waals surface area contributed by atoms with E-state index in [2.05, 4.69) is 4.98 Å². The minimum absolute atomic E-state index is 0.214. The molecule has 4 heteroatoms. The topological polar surface area (TPSA) is 12.9 Å². The van der Waals surface area contributed by atoms with Crippen LogP contribution in [0.25, 0.3) is 10.6 Å². The first-order chi connectivity index (χ1) is 8.20. The minimum atomic E-state index is -0.214. The van der Waals surface area contributed by atoms with Crippen molar-refractivity contribution in [3.05, 3.63) is 40.7 Å². The van der Waals surface area contributed by atoms with Gasteiger partial charge in [-0.15, -0.1) is 22.9 Å². The molecule has 0 spiro atoms. The Morgan fingerprint density at radius 3 is 3.00 bits per heavy atom. The molecule has 2 aromatic rings. The van der Waals surface area contributed by atoms with Gasteiger partial charge in [0.2, 0.25) is 0 Å². The molecule has 0 radical (unpaired) electrons. The maximum absolute atomic E-state index is 13.7. The number of rotatable bonds is 4. The predicted molar refractivity (Wildman–Crippen MR) is 71.3 cm³/mol. The van der Waals surface area contributed by atoms with Gasteiger partial charge in [0, 0.05) is 16.8 Å². The molecular weight excluding hydrogens is 257 g/mol. The highest BCUT2D eigenvalue weighted by Crippen LogP contribution is 2.27. The minimum Gasteiger partial charge on any atom is -0.241 e. The van der Waals surface area contributed by atoms with E-state index in [1.807, 2.05) is 18.4 Å². The third-order valence-corrected chi connectivity index (χ3v) is 3.66. The van der Waals surface area contributed by atoms with Crippen LogP contribution in [0.3, 0.4) is 0 Å². The largest absolute Gasteiger partial charge is 0.241 e. The highest BCUT2D eigenvalue weighted by atomic mass is 35.5. The average Bonchev–Trinajstić information content (AvgIpc) is 2.78. The molecule has 1 aromatic carbocycles. The van der Waals surface area contributed by atoms with Crippen LogP contribution in [-0.4, -0.2) is 10.9 Å². The lowest BCUT2D eigenvalue weighted by Gasteiger charge is -2.00. The smallest absolute Gasteiger partial charge is 0.133 e. The Kier molecular flexibility index (Phi) is 4.13. The maximum Gasteiger partial charge on any atom is 0.133 e. The Morgan fingerprint density at radius 2 is 2.24 bits per heavy atom. The molecule has 0 amide bonds. The van der Waals surface area contributed by atoms with E-state index in [1.165, 1.54) is 17.4 Å².